The maximum absolute atomic E-state index is 10.7. The molecule has 4 nitrogen and oxygen atoms in total. The quantitative estimate of drug-likeness (QED) is 0.458. The van der Waals surface area contributed by atoms with Gasteiger partial charge < -0.3 is 4.74 Å². The van der Waals surface area contributed by atoms with E-state index in [0.717, 1.165) is 0 Å². The van der Waals surface area contributed by atoms with E-state index < -0.39 is 0 Å². The molecule has 0 saturated carbocycles. The first-order valence-corrected chi connectivity index (χ1v) is 3.32. The monoisotopic (exact) mass is 164 g/mol. The van der Waals surface area contributed by atoms with Crippen LogP contribution in [0.2, 0.25) is 0 Å². The Labute approximate surface area is 70.1 Å². The van der Waals surface area contributed by atoms with E-state index in [0.29, 0.717) is 5.56 Å². The zero-order valence-corrected chi connectivity index (χ0v) is 6.65. The lowest BCUT2D eigenvalue weighted by atomic mass is 10.4. The second-order valence-corrected chi connectivity index (χ2v) is 2.15. The third-order valence-electron chi connectivity index (χ3n) is 1.32. The number of hydrogen-bond acceptors (Lipinski definition) is 3. The molecule has 1 aromatic rings. The summed E-state index contributed by atoms with van der Waals surface area (Å²) < 4.78 is 5.88. The summed E-state index contributed by atoms with van der Waals surface area (Å²) in [5.74, 6) is 2.06. The predicted octanol–water partition coefficient (Wildman–Crippen LogP) is 0.0374. The summed E-state index contributed by atoms with van der Waals surface area (Å²) in [7, 11) is 1.33. The van der Waals surface area contributed by atoms with Crippen LogP contribution in [0.25, 0.3) is 0 Å². The molecule has 0 fully saturated rings. The van der Waals surface area contributed by atoms with E-state index in [1.54, 1.807) is 6.20 Å². The minimum Gasteiger partial charge on any atom is -0.468 e. The standard InChI is InChI=1S/C8H8N2O2/c1-3-7-4-9-10(5-7)6-8(11)12-2/h1,4-5H,6H2,2H3. The first-order valence-electron chi connectivity index (χ1n) is 3.32. The summed E-state index contributed by atoms with van der Waals surface area (Å²) in [5.41, 5.74) is 0.652. The molecule has 0 spiro atoms. The van der Waals surface area contributed by atoms with Gasteiger partial charge in [0.25, 0.3) is 0 Å². The highest BCUT2D eigenvalue weighted by Crippen LogP contribution is 1.94. The number of carbonyl (C=O) groups is 1. The number of methoxy groups -OCH3 is 1. The van der Waals surface area contributed by atoms with Gasteiger partial charge in [-0.15, -0.1) is 6.42 Å². The first-order chi connectivity index (χ1) is 5.76. The number of carbonyl (C=O) groups excluding carboxylic acids is 1. The Bertz CT molecular complexity index is 322. The topological polar surface area (TPSA) is 44.1 Å². The summed E-state index contributed by atoms with van der Waals surface area (Å²) in [6.45, 7) is 0.0954. The molecule has 0 amide bonds. The molecule has 62 valence electrons. The van der Waals surface area contributed by atoms with E-state index in [9.17, 15) is 4.79 Å². The number of hydrogen-bond donors (Lipinski definition) is 0. The van der Waals surface area contributed by atoms with Crippen molar-refractivity contribution in [3.8, 4) is 12.3 Å². The van der Waals surface area contributed by atoms with E-state index >= 15 is 0 Å². The minimum atomic E-state index is -0.346. The molecule has 0 radical (unpaired) electrons. The van der Waals surface area contributed by atoms with E-state index in [2.05, 4.69) is 15.8 Å². The van der Waals surface area contributed by atoms with Gasteiger partial charge in [0, 0.05) is 6.20 Å². The van der Waals surface area contributed by atoms with Crippen molar-refractivity contribution in [2.75, 3.05) is 7.11 Å². The van der Waals surface area contributed by atoms with E-state index in [-0.39, 0.29) is 12.5 Å². The normalized spacial score (nSPS) is 9.00. The molecule has 4 heteroatoms. The Morgan fingerprint density at radius 1 is 1.92 bits per heavy atom. The van der Waals surface area contributed by atoms with Crippen molar-refractivity contribution < 1.29 is 9.53 Å². The van der Waals surface area contributed by atoms with Gasteiger partial charge in [0.15, 0.2) is 0 Å². The number of rotatable bonds is 2. The van der Waals surface area contributed by atoms with Crippen LogP contribution in [0.15, 0.2) is 12.4 Å². The lowest BCUT2D eigenvalue weighted by Crippen LogP contribution is -2.11. The lowest BCUT2D eigenvalue weighted by Gasteiger charge is -1.97. The number of esters is 1. The maximum atomic E-state index is 10.7. The second-order valence-electron chi connectivity index (χ2n) is 2.15. The first kappa shape index (κ1) is 8.34. The van der Waals surface area contributed by atoms with Gasteiger partial charge in [0.2, 0.25) is 0 Å². The number of terminal acetylenes is 1. The van der Waals surface area contributed by atoms with Gasteiger partial charge in [-0.1, -0.05) is 5.92 Å². The van der Waals surface area contributed by atoms with Gasteiger partial charge in [-0.25, -0.2) is 0 Å². The van der Waals surface area contributed by atoms with Crippen molar-refractivity contribution in [1.82, 2.24) is 9.78 Å². The summed E-state index contributed by atoms with van der Waals surface area (Å²) in [6.07, 6.45) is 8.23. The highest BCUT2D eigenvalue weighted by atomic mass is 16.5. The molecule has 0 N–H and O–H groups in total. The van der Waals surface area contributed by atoms with Crippen LogP contribution in [0.4, 0.5) is 0 Å². The molecule has 0 aliphatic heterocycles. The van der Waals surface area contributed by atoms with Crippen molar-refractivity contribution in [3.05, 3.63) is 18.0 Å². The van der Waals surface area contributed by atoms with Gasteiger partial charge in [0.05, 0.1) is 18.9 Å². The van der Waals surface area contributed by atoms with Gasteiger partial charge >= 0.3 is 5.97 Å². The van der Waals surface area contributed by atoms with Crippen LogP contribution in [-0.4, -0.2) is 22.9 Å². The Hall–Kier alpha value is -1.76. The molecular formula is C8H8N2O2. The molecule has 1 aromatic heterocycles. The fourth-order valence-corrected chi connectivity index (χ4v) is 0.721. The Morgan fingerprint density at radius 3 is 3.17 bits per heavy atom. The molecule has 12 heavy (non-hydrogen) atoms. The Balaban J connectivity index is 2.65. The third kappa shape index (κ3) is 1.86. The fourth-order valence-electron chi connectivity index (χ4n) is 0.721. The third-order valence-corrected chi connectivity index (χ3v) is 1.32. The molecule has 0 aliphatic rings. The van der Waals surface area contributed by atoms with Crippen LogP contribution in [0.5, 0.6) is 0 Å². The molecule has 1 heterocycles. The van der Waals surface area contributed by atoms with Gasteiger partial charge in [-0.05, 0) is 0 Å². The molecule has 0 bridgehead atoms. The van der Waals surface area contributed by atoms with E-state index in [1.807, 2.05) is 0 Å². The summed E-state index contributed by atoms with van der Waals surface area (Å²) in [4.78, 5) is 10.7. The van der Waals surface area contributed by atoms with Gasteiger partial charge in [-0.3, -0.25) is 9.48 Å². The van der Waals surface area contributed by atoms with Crippen molar-refractivity contribution >= 4 is 5.97 Å². The molecule has 0 aromatic carbocycles. The average Bonchev–Trinajstić information content (AvgIpc) is 2.52. The SMILES string of the molecule is C#Cc1cnn(CC(=O)OC)c1. The molecule has 1 rings (SSSR count). The largest absolute Gasteiger partial charge is 0.468 e. The molecule has 0 aliphatic carbocycles. The maximum Gasteiger partial charge on any atom is 0.327 e. The Morgan fingerprint density at radius 2 is 2.67 bits per heavy atom. The highest BCUT2D eigenvalue weighted by Gasteiger charge is 2.02. The van der Waals surface area contributed by atoms with Crippen LogP contribution in [0, 0.1) is 12.3 Å². The van der Waals surface area contributed by atoms with E-state index in [4.69, 9.17) is 6.42 Å². The molecular weight excluding hydrogens is 156 g/mol. The second kappa shape index (κ2) is 3.58. The van der Waals surface area contributed by atoms with Crippen LogP contribution in [0.3, 0.4) is 0 Å². The lowest BCUT2D eigenvalue weighted by molar-refractivity contribution is -0.141. The summed E-state index contributed by atoms with van der Waals surface area (Å²) in [6, 6.07) is 0. The highest BCUT2D eigenvalue weighted by molar-refractivity contribution is 5.68. The molecule has 0 atom stereocenters. The van der Waals surface area contributed by atoms with Crippen LogP contribution >= 0.6 is 0 Å². The van der Waals surface area contributed by atoms with Crippen molar-refractivity contribution in [3.63, 3.8) is 0 Å². The zero-order chi connectivity index (χ0) is 8.97. The van der Waals surface area contributed by atoms with Gasteiger partial charge in [-0.2, -0.15) is 5.10 Å². The number of aromatic nitrogens is 2. The minimum absolute atomic E-state index is 0.0954. The fraction of sp³-hybridized carbons (Fsp3) is 0.250. The number of nitrogens with zero attached hydrogens (tertiary/aromatic N) is 2. The molecule has 0 unspecified atom stereocenters. The zero-order valence-electron chi connectivity index (χ0n) is 6.65. The van der Waals surface area contributed by atoms with Crippen molar-refractivity contribution in [2.24, 2.45) is 0 Å². The predicted molar refractivity (Wildman–Crippen MR) is 42.2 cm³/mol. The van der Waals surface area contributed by atoms with Gasteiger partial charge in [0.1, 0.15) is 6.54 Å². The average molecular weight is 164 g/mol. The van der Waals surface area contributed by atoms with Crippen LogP contribution in [-0.2, 0) is 16.1 Å². The summed E-state index contributed by atoms with van der Waals surface area (Å²) in [5, 5.41) is 3.85. The van der Waals surface area contributed by atoms with Crippen LogP contribution < -0.4 is 0 Å². The van der Waals surface area contributed by atoms with Crippen LogP contribution in [0.1, 0.15) is 5.56 Å². The van der Waals surface area contributed by atoms with Crippen molar-refractivity contribution in [1.29, 1.82) is 0 Å². The van der Waals surface area contributed by atoms with Crippen molar-refractivity contribution in [2.45, 2.75) is 6.54 Å². The van der Waals surface area contributed by atoms with E-state index in [1.165, 1.54) is 18.0 Å². The molecule has 0 saturated heterocycles. The number of ether oxygens (including phenoxy) is 1. The Kier molecular flexibility index (Phi) is 2.49. The summed E-state index contributed by atoms with van der Waals surface area (Å²) >= 11 is 0. The smallest absolute Gasteiger partial charge is 0.327 e.